The maximum atomic E-state index is 12.3. The van der Waals surface area contributed by atoms with Gasteiger partial charge in [-0.15, -0.1) is 0 Å². The summed E-state index contributed by atoms with van der Waals surface area (Å²) in [5.74, 6) is 1.24. The van der Waals surface area contributed by atoms with Crippen LogP contribution in [0.1, 0.15) is 39.0 Å². The van der Waals surface area contributed by atoms with Gasteiger partial charge in [0, 0.05) is 17.4 Å². The van der Waals surface area contributed by atoms with E-state index in [2.05, 4.69) is 13.0 Å². The van der Waals surface area contributed by atoms with Crippen molar-refractivity contribution in [1.29, 1.82) is 5.26 Å². The van der Waals surface area contributed by atoms with E-state index in [1.165, 1.54) is 0 Å². The number of rotatable bonds is 3. The summed E-state index contributed by atoms with van der Waals surface area (Å²) in [4.78, 5) is 0. The van der Waals surface area contributed by atoms with E-state index in [0.29, 0.717) is 11.7 Å². The van der Waals surface area contributed by atoms with Crippen molar-refractivity contribution in [3.63, 3.8) is 0 Å². The molecule has 1 saturated heterocycles. The molecule has 3 nitrogen and oxygen atoms in total. The second-order valence-corrected chi connectivity index (χ2v) is 7.08. The van der Waals surface area contributed by atoms with Crippen LogP contribution in [-0.2, 0) is 15.5 Å². The standard InChI is InChI=1S/C13H21NO2S/c1-10-4-5-11(8-14)13(7-10)17(15)9-12-3-2-6-16-12/h10-13H,2-7,9H2,1H3. The van der Waals surface area contributed by atoms with Gasteiger partial charge >= 0.3 is 0 Å². The molecule has 17 heavy (non-hydrogen) atoms. The highest BCUT2D eigenvalue weighted by Gasteiger charge is 2.34. The quantitative estimate of drug-likeness (QED) is 0.777. The first-order valence-electron chi connectivity index (χ1n) is 6.59. The molecule has 0 radical (unpaired) electrons. The lowest BCUT2D eigenvalue weighted by Crippen LogP contribution is -2.35. The second-order valence-electron chi connectivity index (χ2n) is 5.37. The van der Waals surface area contributed by atoms with Crippen molar-refractivity contribution in [2.24, 2.45) is 11.8 Å². The van der Waals surface area contributed by atoms with Gasteiger partial charge in [-0.1, -0.05) is 6.92 Å². The van der Waals surface area contributed by atoms with Crippen LogP contribution in [0.3, 0.4) is 0 Å². The molecule has 0 aromatic heterocycles. The van der Waals surface area contributed by atoms with Gasteiger partial charge in [-0.25, -0.2) is 0 Å². The second kappa shape index (κ2) is 5.97. The zero-order valence-electron chi connectivity index (χ0n) is 10.4. The highest BCUT2D eigenvalue weighted by Crippen LogP contribution is 2.32. The number of nitriles is 1. The predicted molar refractivity (Wildman–Crippen MR) is 67.9 cm³/mol. The van der Waals surface area contributed by atoms with Crippen molar-refractivity contribution in [1.82, 2.24) is 0 Å². The molecule has 2 rings (SSSR count). The molecule has 1 saturated carbocycles. The molecule has 0 aromatic rings. The van der Waals surface area contributed by atoms with Crippen LogP contribution in [0.15, 0.2) is 0 Å². The molecule has 2 aliphatic rings. The molecule has 1 aliphatic heterocycles. The highest BCUT2D eigenvalue weighted by molar-refractivity contribution is 7.85. The number of hydrogen-bond acceptors (Lipinski definition) is 3. The molecule has 2 fully saturated rings. The summed E-state index contributed by atoms with van der Waals surface area (Å²) in [6, 6.07) is 2.35. The van der Waals surface area contributed by atoms with Crippen molar-refractivity contribution in [2.45, 2.75) is 50.4 Å². The summed E-state index contributed by atoms with van der Waals surface area (Å²) < 4.78 is 17.9. The van der Waals surface area contributed by atoms with Gasteiger partial charge in [0.2, 0.25) is 0 Å². The van der Waals surface area contributed by atoms with E-state index in [9.17, 15) is 4.21 Å². The summed E-state index contributed by atoms with van der Waals surface area (Å²) in [6.45, 7) is 3.01. The maximum absolute atomic E-state index is 12.3. The summed E-state index contributed by atoms with van der Waals surface area (Å²) in [5, 5.41) is 9.22. The van der Waals surface area contributed by atoms with E-state index in [0.717, 1.165) is 38.7 Å². The zero-order valence-corrected chi connectivity index (χ0v) is 11.2. The van der Waals surface area contributed by atoms with E-state index in [1.807, 2.05) is 0 Å². The summed E-state index contributed by atoms with van der Waals surface area (Å²) in [5.41, 5.74) is 0. The van der Waals surface area contributed by atoms with Gasteiger partial charge in [0.15, 0.2) is 0 Å². The fourth-order valence-corrected chi connectivity index (χ4v) is 4.83. The fraction of sp³-hybridized carbons (Fsp3) is 0.923. The average molecular weight is 255 g/mol. The number of ether oxygens (including phenoxy) is 1. The minimum atomic E-state index is -0.894. The molecule has 4 heteroatoms. The topological polar surface area (TPSA) is 50.1 Å². The van der Waals surface area contributed by atoms with Crippen molar-refractivity contribution >= 4 is 10.8 Å². The van der Waals surface area contributed by atoms with Gasteiger partial charge < -0.3 is 4.74 Å². The molecule has 0 aromatic carbocycles. The van der Waals surface area contributed by atoms with Gasteiger partial charge in [-0.3, -0.25) is 4.21 Å². The summed E-state index contributed by atoms with van der Waals surface area (Å²) in [6.07, 6.45) is 5.26. The molecule has 5 atom stereocenters. The average Bonchev–Trinajstić information content (AvgIpc) is 2.81. The van der Waals surface area contributed by atoms with Gasteiger partial charge in [-0.2, -0.15) is 5.26 Å². The first-order valence-corrected chi connectivity index (χ1v) is 7.97. The van der Waals surface area contributed by atoms with E-state index in [1.54, 1.807) is 0 Å². The molecule has 0 N–H and O–H groups in total. The Bertz CT molecular complexity index is 320. The van der Waals surface area contributed by atoms with Crippen LogP contribution < -0.4 is 0 Å². The SMILES string of the molecule is CC1CCC(C#N)C(S(=O)CC2CCCO2)C1. The van der Waals surface area contributed by atoms with Crippen molar-refractivity contribution in [2.75, 3.05) is 12.4 Å². The summed E-state index contributed by atoms with van der Waals surface area (Å²) in [7, 11) is -0.894. The zero-order chi connectivity index (χ0) is 12.3. The Labute approximate surface area is 106 Å². The minimum Gasteiger partial charge on any atom is -0.377 e. The van der Waals surface area contributed by atoms with Crippen LogP contribution in [0.25, 0.3) is 0 Å². The third-order valence-corrected chi connectivity index (χ3v) is 5.83. The molecule has 96 valence electrons. The Balaban J connectivity index is 1.93. The normalized spacial score (nSPS) is 39.8. The fourth-order valence-electron chi connectivity index (χ4n) is 2.85. The number of hydrogen-bond donors (Lipinski definition) is 0. The van der Waals surface area contributed by atoms with Gasteiger partial charge in [0.25, 0.3) is 0 Å². The Kier molecular flexibility index (Phi) is 4.58. The van der Waals surface area contributed by atoms with E-state index < -0.39 is 10.8 Å². The van der Waals surface area contributed by atoms with Gasteiger partial charge in [-0.05, 0) is 38.0 Å². The Hall–Kier alpha value is -0.400. The van der Waals surface area contributed by atoms with Crippen LogP contribution in [0, 0.1) is 23.2 Å². The maximum Gasteiger partial charge on any atom is 0.0691 e. The molecule has 5 unspecified atom stereocenters. The lowest BCUT2D eigenvalue weighted by Gasteiger charge is -2.30. The monoisotopic (exact) mass is 255 g/mol. The molecular weight excluding hydrogens is 234 g/mol. The summed E-state index contributed by atoms with van der Waals surface area (Å²) >= 11 is 0. The third kappa shape index (κ3) is 3.29. The first kappa shape index (κ1) is 13.0. The van der Waals surface area contributed by atoms with Crippen LogP contribution in [0.5, 0.6) is 0 Å². The van der Waals surface area contributed by atoms with Gasteiger partial charge in [0.05, 0.1) is 29.1 Å². The van der Waals surface area contributed by atoms with Crippen LogP contribution in [0.4, 0.5) is 0 Å². The van der Waals surface area contributed by atoms with E-state index in [-0.39, 0.29) is 17.3 Å². The Morgan fingerprint density at radius 2 is 2.24 bits per heavy atom. The molecule has 0 amide bonds. The number of nitrogens with zero attached hydrogens (tertiary/aromatic N) is 1. The lowest BCUT2D eigenvalue weighted by atomic mass is 9.83. The van der Waals surface area contributed by atoms with Gasteiger partial charge in [0.1, 0.15) is 0 Å². The molecular formula is C13H21NO2S. The first-order chi connectivity index (χ1) is 8.20. The third-order valence-electron chi connectivity index (χ3n) is 3.93. The molecule has 0 spiro atoms. The largest absolute Gasteiger partial charge is 0.377 e. The molecule has 1 aliphatic carbocycles. The van der Waals surface area contributed by atoms with Crippen LogP contribution in [-0.4, -0.2) is 27.9 Å². The smallest absolute Gasteiger partial charge is 0.0691 e. The van der Waals surface area contributed by atoms with Crippen molar-refractivity contribution in [3.05, 3.63) is 0 Å². The van der Waals surface area contributed by atoms with E-state index in [4.69, 9.17) is 10.00 Å². The lowest BCUT2D eigenvalue weighted by molar-refractivity contribution is 0.128. The van der Waals surface area contributed by atoms with Crippen molar-refractivity contribution < 1.29 is 8.95 Å². The minimum absolute atomic E-state index is 0.00608. The Morgan fingerprint density at radius 3 is 2.88 bits per heavy atom. The van der Waals surface area contributed by atoms with Crippen LogP contribution >= 0.6 is 0 Å². The molecule has 0 bridgehead atoms. The Morgan fingerprint density at radius 1 is 1.41 bits per heavy atom. The van der Waals surface area contributed by atoms with Crippen molar-refractivity contribution in [3.8, 4) is 6.07 Å². The highest BCUT2D eigenvalue weighted by atomic mass is 32.2. The van der Waals surface area contributed by atoms with Crippen LogP contribution in [0.2, 0.25) is 0 Å². The molecule has 1 heterocycles. The van der Waals surface area contributed by atoms with E-state index >= 15 is 0 Å². The predicted octanol–water partition coefficient (Wildman–Crippen LogP) is 2.24.